The first-order chi connectivity index (χ1) is 6.95. The molecule has 1 aromatic rings. The Labute approximate surface area is 92.8 Å². The second-order valence-corrected chi connectivity index (χ2v) is 5.15. The highest BCUT2D eigenvalue weighted by Gasteiger charge is 2.20. The first-order valence-corrected chi connectivity index (χ1v) is 5.92. The van der Waals surface area contributed by atoms with E-state index in [1.54, 1.807) is 12.1 Å². The zero-order valence-corrected chi connectivity index (χ0v) is 9.38. The minimum absolute atomic E-state index is 0.101. The molecular formula is C8H8ClN3O2S. The number of anilines is 1. The topological polar surface area (TPSA) is 82.8 Å². The van der Waals surface area contributed by atoms with E-state index >= 15 is 0 Å². The molecule has 0 spiro atoms. The maximum atomic E-state index is 11.4. The van der Waals surface area contributed by atoms with Crippen LogP contribution < -0.4 is 4.72 Å². The van der Waals surface area contributed by atoms with Crippen molar-refractivity contribution in [1.82, 2.24) is 4.98 Å². The zero-order chi connectivity index (χ0) is 11.5. The number of rotatable bonds is 3. The Morgan fingerprint density at radius 3 is 2.80 bits per heavy atom. The SMILES string of the molecule is CC(C#N)S(=O)(=O)Nc1cccc(Cl)n1. The van der Waals surface area contributed by atoms with Crippen molar-refractivity contribution in [2.24, 2.45) is 0 Å². The van der Waals surface area contributed by atoms with Crippen LogP contribution in [0.4, 0.5) is 5.82 Å². The molecule has 15 heavy (non-hydrogen) atoms. The monoisotopic (exact) mass is 245 g/mol. The summed E-state index contributed by atoms with van der Waals surface area (Å²) >= 11 is 5.58. The normalized spacial score (nSPS) is 12.9. The molecule has 5 nitrogen and oxygen atoms in total. The number of nitrogens with one attached hydrogen (secondary N) is 1. The lowest BCUT2D eigenvalue weighted by atomic mass is 10.5. The minimum atomic E-state index is -3.71. The lowest BCUT2D eigenvalue weighted by molar-refractivity contribution is 0.597. The highest BCUT2D eigenvalue weighted by Crippen LogP contribution is 2.12. The average molecular weight is 246 g/mol. The Balaban J connectivity index is 2.93. The predicted molar refractivity (Wildman–Crippen MR) is 56.9 cm³/mol. The molecule has 0 radical (unpaired) electrons. The second kappa shape index (κ2) is 4.47. The van der Waals surface area contributed by atoms with Crippen LogP contribution in [0.15, 0.2) is 18.2 Å². The summed E-state index contributed by atoms with van der Waals surface area (Å²) in [5.74, 6) is 0.101. The van der Waals surface area contributed by atoms with Gasteiger partial charge in [0.25, 0.3) is 0 Å². The molecule has 0 amide bonds. The van der Waals surface area contributed by atoms with Crippen molar-refractivity contribution in [2.45, 2.75) is 12.2 Å². The number of sulfonamides is 1. The molecule has 0 bridgehead atoms. The molecule has 7 heteroatoms. The van der Waals surface area contributed by atoms with Crippen LogP contribution in [-0.2, 0) is 10.0 Å². The van der Waals surface area contributed by atoms with E-state index in [0.717, 1.165) is 0 Å². The Hall–Kier alpha value is -1.32. The molecule has 0 fully saturated rings. The molecule has 0 saturated carbocycles. The van der Waals surface area contributed by atoms with Crippen molar-refractivity contribution in [1.29, 1.82) is 5.26 Å². The Bertz CT molecular complexity index is 495. The first kappa shape index (κ1) is 11.8. The summed E-state index contributed by atoms with van der Waals surface area (Å²) in [6, 6.07) is 6.16. The molecule has 1 atom stereocenters. The molecule has 1 aromatic heterocycles. The second-order valence-electron chi connectivity index (χ2n) is 2.76. The highest BCUT2D eigenvalue weighted by atomic mass is 35.5. The third kappa shape index (κ3) is 3.08. The van der Waals surface area contributed by atoms with Crippen molar-refractivity contribution in [3.63, 3.8) is 0 Å². The van der Waals surface area contributed by atoms with Gasteiger partial charge in [-0.15, -0.1) is 0 Å². The van der Waals surface area contributed by atoms with Gasteiger partial charge >= 0.3 is 0 Å². The van der Waals surface area contributed by atoms with Crippen LogP contribution in [0.25, 0.3) is 0 Å². The van der Waals surface area contributed by atoms with Gasteiger partial charge < -0.3 is 0 Å². The maximum absolute atomic E-state index is 11.4. The van der Waals surface area contributed by atoms with Crippen molar-refractivity contribution >= 4 is 27.4 Å². The molecule has 0 aliphatic carbocycles. The molecule has 80 valence electrons. The van der Waals surface area contributed by atoms with E-state index in [9.17, 15) is 8.42 Å². The van der Waals surface area contributed by atoms with E-state index in [2.05, 4.69) is 9.71 Å². The Kier molecular flexibility index (Phi) is 3.50. The summed E-state index contributed by atoms with van der Waals surface area (Å²) in [6.45, 7) is 1.28. The molecular weight excluding hydrogens is 238 g/mol. The number of hydrogen-bond acceptors (Lipinski definition) is 4. The number of nitrogens with zero attached hydrogens (tertiary/aromatic N) is 2. The summed E-state index contributed by atoms with van der Waals surface area (Å²) in [5.41, 5.74) is 0. The number of hydrogen-bond donors (Lipinski definition) is 1. The van der Waals surface area contributed by atoms with Gasteiger partial charge in [-0.05, 0) is 19.1 Å². The number of pyridine rings is 1. The van der Waals surface area contributed by atoms with Crippen LogP contribution in [0.5, 0.6) is 0 Å². The average Bonchev–Trinajstić information content (AvgIpc) is 2.15. The van der Waals surface area contributed by atoms with Crippen LogP contribution in [0, 0.1) is 11.3 Å². The third-order valence-electron chi connectivity index (χ3n) is 1.61. The Morgan fingerprint density at radius 2 is 2.27 bits per heavy atom. The minimum Gasteiger partial charge on any atom is -0.266 e. The van der Waals surface area contributed by atoms with E-state index in [4.69, 9.17) is 16.9 Å². The molecule has 0 aliphatic heterocycles. The number of halogens is 1. The predicted octanol–water partition coefficient (Wildman–Crippen LogP) is 1.39. The fourth-order valence-corrected chi connectivity index (χ4v) is 1.65. The lowest BCUT2D eigenvalue weighted by Crippen LogP contribution is -2.24. The van der Waals surface area contributed by atoms with Crippen LogP contribution in [0.1, 0.15) is 6.92 Å². The summed E-state index contributed by atoms with van der Waals surface area (Å²) in [4.78, 5) is 3.74. The van der Waals surface area contributed by atoms with Gasteiger partial charge in [-0.3, -0.25) is 4.72 Å². The third-order valence-corrected chi connectivity index (χ3v) is 3.35. The van der Waals surface area contributed by atoms with Crippen molar-refractivity contribution in [3.8, 4) is 6.07 Å². The zero-order valence-electron chi connectivity index (χ0n) is 7.81. The quantitative estimate of drug-likeness (QED) is 0.816. The van der Waals surface area contributed by atoms with E-state index in [1.807, 2.05) is 0 Å². The van der Waals surface area contributed by atoms with Gasteiger partial charge in [0.15, 0.2) is 5.25 Å². The van der Waals surface area contributed by atoms with Crippen molar-refractivity contribution in [2.75, 3.05) is 4.72 Å². The summed E-state index contributed by atoms with van der Waals surface area (Å²) in [5, 5.41) is 7.53. The molecule has 0 aliphatic rings. The van der Waals surface area contributed by atoms with E-state index < -0.39 is 15.3 Å². The van der Waals surface area contributed by atoms with Gasteiger partial charge in [0.1, 0.15) is 11.0 Å². The first-order valence-electron chi connectivity index (χ1n) is 3.99. The Morgan fingerprint density at radius 1 is 1.60 bits per heavy atom. The van der Waals surface area contributed by atoms with Crippen LogP contribution in [0.3, 0.4) is 0 Å². The van der Waals surface area contributed by atoms with E-state index in [0.29, 0.717) is 0 Å². The van der Waals surface area contributed by atoms with Crippen LogP contribution >= 0.6 is 11.6 Å². The number of aromatic nitrogens is 1. The highest BCUT2D eigenvalue weighted by molar-refractivity contribution is 7.93. The fourth-order valence-electron chi connectivity index (χ4n) is 0.769. The molecule has 1 N–H and O–H groups in total. The van der Waals surface area contributed by atoms with Crippen molar-refractivity contribution < 1.29 is 8.42 Å². The van der Waals surface area contributed by atoms with Gasteiger partial charge in [-0.1, -0.05) is 17.7 Å². The molecule has 0 saturated heterocycles. The molecule has 1 heterocycles. The van der Waals surface area contributed by atoms with Gasteiger partial charge in [0.2, 0.25) is 10.0 Å². The standard InChI is InChI=1S/C8H8ClN3O2S/c1-6(5-10)15(13,14)12-8-4-2-3-7(9)11-8/h2-4,6H,1H3,(H,11,12). The van der Waals surface area contributed by atoms with Crippen LogP contribution in [-0.4, -0.2) is 18.7 Å². The summed E-state index contributed by atoms with van der Waals surface area (Å²) in [6.07, 6.45) is 0. The lowest BCUT2D eigenvalue weighted by Gasteiger charge is -2.07. The van der Waals surface area contributed by atoms with Gasteiger partial charge in [0, 0.05) is 0 Å². The van der Waals surface area contributed by atoms with Gasteiger partial charge in [-0.25, -0.2) is 13.4 Å². The van der Waals surface area contributed by atoms with E-state index in [1.165, 1.54) is 19.1 Å². The largest absolute Gasteiger partial charge is 0.266 e. The maximum Gasteiger partial charge on any atom is 0.250 e. The fraction of sp³-hybridized carbons (Fsp3) is 0.250. The number of nitriles is 1. The van der Waals surface area contributed by atoms with Gasteiger partial charge in [-0.2, -0.15) is 5.26 Å². The summed E-state index contributed by atoms with van der Waals surface area (Å²) < 4.78 is 25.0. The molecule has 1 unspecified atom stereocenters. The van der Waals surface area contributed by atoms with E-state index in [-0.39, 0.29) is 11.0 Å². The smallest absolute Gasteiger partial charge is 0.250 e. The van der Waals surface area contributed by atoms with Gasteiger partial charge in [0.05, 0.1) is 6.07 Å². The molecule has 1 rings (SSSR count). The molecule has 0 aromatic carbocycles. The van der Waals surface area contributed by atoms with Crippen molar-refractivity contribution in [3.05, 3.63) is 23.4 Å². The van der Waals surface area contributed by atoms with Crippen LogP contribution in [0.2, 0.25) is 5.15 Å². The summed E-state index contributed by atoms with van der Waals surface area (Å²) in [7, 11) is -3.71.